The van der Waals surface area contributed by atoms with Gasteiger partial charge in [0.05, 0.1) is 18.7 Å². The minimum Gasteiger partial charge on any atom is -0.315 e. The fourth-order valence-corrected chi connectivity index (χ4v) is 3.84. The van der Waals surface area contributed by atoms with E-state index < -0.39 is 0 Å². The molecule has 2 aromatic rings. The average molecular weight is 344 g/mol. The van der Waals surface area contributed by atoms with Crippen molar-refractivity contribution in [2.75, 3.05) is 18.4 Å². The van der Waals surface area contributed by atoms with E-state index in [9.17, 15) is 4.79 Å². The maximum absolute atomic E-state index is 12.3. The van der Waals surface area contributed by atoms with Crippen molar-refractivity contribution in [1.29, 1.82) is 5.26 Å². The minimum absolute atomic E-state index is 0.0765. The number of hydrogen-bond donors (Lipinski definition) is 1. The Kier molecular flexibility index (Phi) is 4.92. The van der Waals surface area contributed by atoms with E-state index in [-0.39, 0.29) is 11.9 Å². The highest BCUT2D eigenvalue weighted by Gasteiger charge is 2.27. The van der Waals surface area contributed by atoms with Gasteiger partial charge in [0.25, 0.3) is 0 Å². The maximum Gasteiger partial charge on any atom is 0.239 e. The van der Waals surface area contributed by atoms with Crippen molar-refractivity contribution in [3.05, 3.63) is 28.7 Å². The largest absolute Gasteiger partial charge is 0.315 e. The third-order valence-electron chi connectivity index (χ3n) is 4.23. The summed E-state index contributed by atoms with van der Waals surface area (Å²) in [4.78, 5) is 18.8. The van der Waals surface area contributed by atoms with Crippen LogP contribution in [0.2, 0.25) is 0 Å². The predicted octanol–water partition coefficient (Wildman–Crippen LogP) is 1.93. The molecule has 1 aliphatic heterocycles. The molecule has 0 spiro atoms. The molecule has 0 radical (unpaired) electrons. The predicted molar refractivity (Wildman–Crippen MR) is 91.8 cm³/mol. The summed E-state index contributed by atoms with van der Waals surface area (Å²) in [6.07, 6.45) is 2.13. The van der Waals surface area contributed by atoms with Gasteiger partial charge >= 0.3 is 0 Å². The van der Waals surface area contributed by atoms with Gasteiger partial charge in [-0.05, 0) is 44.7 Å². The fraction of sp³-hybridized carbons (Fsp3) is 0.500. The van der Waals surface area contributed by atoms with Crippen LogP contribution in [0.1, 0.15) is 30.1 Å². The number of aromatic nitrogens is 3. The standard InChI is InChI=1S/C16H20N6OS/c1-11-18-12(2)22(20-11)9-14-4-3-6-21(14)10-15(23)19-16-13(8-17)5-7-24-16/h5,7,14H,3-4,6,9-10H2,1-2H3,(H,19,23)/t14-/m1/s1. The van der Waals surface area contributed by atoms with E-state index in [1.165, 1.54) is 11.3 Å². The Labute approximate surface area is 144 Å². The molecule has 24 heavy (non-hydrogen) atoms. The van der Waals surface area contributed by atoms with E-state index in [0.717, 1.165) is 37.6 Å². The highest BCUT2D eigenvalue weighted by molar-refractivity contribution is 7.14. The summed E-state index contributed by atoms with van der Waals surface area (Å²) in [5, 5.41) is 18.7. The van der Waals surface area contributed by atoms with Crippen molar-refractivity contribution < 1.29 is 4.79 Å². The van der Waals surface area contributed by atoms with E-state index in [2.05, 4.69) is 26.4 Å². The molecule has 1 amide bonds. The van der Waals surface area contributed by atoms with Gasteiger partial charge in [0.1, 0.15) is 22.7 Å². The monoisotopic (exact) mass is 344 g/mol. The number of anilines is 1. The van der Waals surface area contributed by atoms with Gasteiger partial charge < -0.3 is 5.32 Å². The number of likely N-dealkylation sites (tertiary alicyclic amines) is 1. The summed E-state index contributed by atoms with van der Waals surface area (Å²) < 4.78 is 1.92. The number of nitriles is 1. The molecule has 3 heterocycles. The second kappa shape index (κ2) is 7.11. The number of thiophene rings is 1. The summed E-state index contributed by atoms with van der Waals surface area (Å²) in [6, 6.07) is 4.09. The third-order valence-corrected chi connectivity index (χ3v) is 5.06. The van der Waals surface area contributed by atoms with E-state index in [4.69, 9.17) is 5.26 Å². The van der Waals surface area contributed by atoms with E-state index in [1.54, 1.807) is 6.07 Å². The Bertz CT molecular complexity index is 774. The van der Waals surface area contributed by atoms with Crippen molar-refractivity contribution in [2.24, 2.45) is 0 Å². The Morgan fingerprint density at radius 1 is 1.54 bits per heavy atom. The molecular weight excluding hydrogens is 324 g/mol. The van der Waals surface area contributed by atoms with Gasteiger partial charge in [-0.2, -0.15) is 10.4 Å². The summed E-state index contributed by atoms with van der Waals surface area (Å²) in [5.74, 6) is 1.60. The molecule has 1 N–H and O–H groups in total. The van der Waals surface area contributed by atoms with Crippen LogP contribution in [0.5, 0.6) is 0 Å². The molecule has 7 nitrogen and oxygen atoms in total. The van der Waals surface area contributed by atoms with Crippen molar-refractivity contribution in [3.8, 4) is 6.07 Å². The SMILES string of the molecule is Cc1nc(C)n(C[C@H]2CCCN2CC(=O)Nc2sccc2C#N)n1. The molecule has 126 valence electrons. The Hall–Kier alpha value is -2.24. The lowest BCUT2D eigenvalue weighted by molar-refractivity contribution is -0.117. The van der Waals surface area contributed by atoms with E-state index >= 15 is 0 Å². The molecule has 1 saturated heterocycles. The van der Waals surface area contributed by atoms with Crippen LogP contribution in [0.25, 0.3) is 0 Å². The van der Waals surface area contributed by atoms with Gasteiger partial charge in [-0.3, -0.25) is 9.69 Å². The molecular formula is C16H20N6OS. The Balaban J connectivity index is 1.60. The first-order valence-electron chi connectivity index (χ1n) is 7.96. The number of nitrogens with one attached hydrogen (secondary N) is 1. The first-order valence-corrected chi connectivity index (χ1v) is 8.84. The molecule has 1 atom stereocenters. The van der Waals surface area contributed by atoms with Crippen LogP contribution in [0.3, 0.4) is 0 Å². The number of aryl methyl sites for hydroxylation is 2. The van der Waals surface area contributed by atoms with Crippen molar-refractivity contribution in [2.45, 2.75) is 39.3 Å². The van der Waals surface area contributed by atoms with Gasteiger partial charge in [-0.25, -0.2) is 9.67 Å². The fourth-order valence-electron chi connectivity index (χ4n) is 3.09. The number of hydrogen-bond acceptors (Lipinski definition) is 6. The van der Waals surface area contributed by atoms with Crippen LogP contribution >= 0.6 is 11.3 Å². The van der Waals surface area contributed by atoms with Crippen LogP contribution in [0.4, 0.5) is 5.00 Å². The molecule has 0 unspecified atom stereocenters. The first kappa shape index (κ1) is 16.6. The molecule has 0 aliphatic carbocycles. The molecule has 0 saturated carbocycles. The number of amides is 1. The van der Waals surface area contributed by atoms with Crippen LogP contribution < -0.4 is 5.32 Å². The zero-order valence-corrected chi connectivity index (χ0v) is 14.6. The summed E-state index contributed by atoms with van der Waals surface area (Å²) in [6.45, 7) is 5.83. The molecule has 0 bridgehead atoms. The normalized spacial score (nSPS) is 17.8. The zero-order valence-electron chi connectivity index (χ0n) is 13.8. The van der Waals surface area contributed by atoms with Crippen molar-refractivity contribution in [3.63, 3.8) is 0 Å². The third kappa shape index (κ3) is 3.63. The molecule has 3 rings (SSSR count). The highest BCUT2D eigenvalue weighted by atomic mass is 32.1. The number of rotatable bonds is 5. The van der Waals surface area contributed by atoms with Crippen molar-refractivity contribution >= 4 is 22.2 Å². The van der Waals surface area contributed by atoms with E-state index in [1.807, 2.05) is 23.9 Å². The lowest BCUT2D eigenvalue weighted by atomic mass is 10.2. The smallest absolute Gasteiger partial charge is 0.239 e. The lowest BCUT2D eigenvalue weighted by Gasteiger charge is -2.23. The van der Waals surface area contributed by atoms with Crippen LogP contribution in [0, 0.1) is 25.2 Å². The topological polar surface area (TPSA) is 86.8 Å². The van der Waals surface area contributed by atoms with Crippen LogP contribution in [-0.2, 0) is 11.3 Å². The lowest BCUT2D eigenvalue weighted by Crippen LogP contribution is -2.39. The van der Waals surface area contributed by atoms with Gasteiger partial charge in [0.2, 0.25) is 5.91 Å². The van der Waals surface area contributed by atoms with Crippen LogP contribution in [-0.4, -0.2) is 44.7 Å². The quantitative estimate of drug-likeness (QED) is 0.895. The Morgan fingerprint density at radius 3 is 3.08 bits per heavy atom. The van der Waals surface area contributed by atoms with Gasteiger partial charge in [-0.15, -0.1) is 11.3 Å². The van der Waals surface area contributed by atoms with E-state index in [0.29, 0.717) is 17.1 Å². The average Bonchev–Trinajstić information content (AvgIpc) is 3.22. The molecule has 2 aromatic heterocycles. The summed E-state index contributed by atoms with van der Waals surface area (Å²) in [5.41, 5.74) is 0.514. The summed E-state index contributed by atoms with van der Waals surface area (Å²) in [7, 11) is 0. The first-order chi connectivity index (χ1) is 11.6. The molecule has 1 aliphatic rings. The molecule has 1 fully saturated rings. The van der Waals surface area contributed by atoms with Crippen LogP contribution in [0.15, 0.2) is 11.4 Å². The maximum atomic E-state index is 12.3. The number of carbonyl (C=O) groups is 1. The second-order valence-electron chi connectivity index (χ2n) is 5.98. The molecule has 0 aromatic carbocycles. The van der Waals surface area contributed by atoms with Gasteiger partial charge in [-0.1, -0.05) is 0 Å². The second-order valence-corrected chi connectivity index (χ2v) is 6.89. The highest BCUT2D eigenvalue weighted by Crippen LogP contribution is 2.23. The minimum atomic E-state index is -0.0765. The van der Waals surface area contributed by atoms with Gasteiger partial charge in [0, 0.05) is 6.04 Å². The molecule has 8 heteroatoms. The Morgan fingerprint density at radius 2 is 2.38 bits per heavy atom. The number of nitrogens with zero attached hydrogens (tertiary/aromatic N) is 5. The van der Waals surface area contributed by atoms with Crippen molar-refractivity contribution in [1.82, 2.24) is 19.7 Å². The number of carbonyl (C=O) groups excluding carboxylic acids is 1. The summed E-state index contributed by atoms with van der Waals surface area (Å²) >= 11 is 1.37. The van der Waals surface area contributed by atoms with Gasteiger partial charge in [0.15, 0.2) is 0 Å². The zero-order chi connectivity index (χ0) is 17.1.